The van der Waals surface area contributed by atoms with Gasteiger partial charge in [0.25, 0.3) is 0 Å². The van der Waals surface area contributed by atoms with Crippen molar-refractivity contribution in [2.24, 2.45) is 0 Å². The summed E-state index contributed by atoms with van der Waals surface area (Å²) in [6.07, 6.45) is 0. The van der Waals surface area contributed by atoms with Crippen molar-refractivity contribution in [3.05, 3.63) is 75.6 Å². The van der Waals surface area contributed by atoms with Gasteiger partial charge in [-0.05, 0) is 42.8 Å². The maximum atomic E-state index is 12.7. The van der Waals surface area contributed by atoms with Crippen LogP contribution in [0, 0.1) is 6.92 Å². The van der Waals surface area contributed by atoms with Gasteiger partial charge in [0, 0.05) is 30.1 Å². The highest BCUT2D eigenvalue weighted by molar-refractivity contribution is 7.89. The number of hydrogen-bond acceptors (Lipinski definition) is 7. The molecule has 1 aliphatic heterocycles. The Kier molecular flexibility index (Phi) is 5.90. The van der Waals surface area contributed by atoms with Crippen LogP contribution >= 0.6 is 0 Å². The van der Waals surface area contributed by atoms with Crippen LogP contribution in [-0.2, 0) is 26.1 Å². The maximum absolute atomic E-state index is 12.7. The van der Waals surface area contributed by atoms with E-state index in [9.17, 15) is 18.0 Å². The topological polar surface area (TPSA) is 103 Å². The van der Waals surface area contributed by atoms with Crippen LogP contribution in [0.5, 0.6) is 0 Å². The van der Waals surface area contributed by atoms with Crippen LogP contribution in [0.15, 0.2) is 62.6 Å². The average molecular weight is 443 g/mol. The monoisotopic (exact) mass is 443 g/mol. The summed E-state index contributed by atoms with van der Waals surface area (Å²) in [5, 5.41) is 0.685. The number of nitrogens with zero attached hydrogens (tertiary/aromatic N) is 1. The Bertz CT molecular complexity index is 1270. The van der Waals surface area contributed by atoms with Crippen molar-refractivity contribution in [3.8, 4) is 0 Å². The van der Waals surface area contributed by atoms with Gasteiger partial charge in [-0.15, -0.1) is 0 Å². The minimum Gasteiger partial charge on any atom is -0.457 e. The molecule has 31 heavy (non-hydrogen) atoms. The van der Waals surface area contributed by atoms with Crippen LogP contribution in [0.4, 0.5) is 0 Å². The van der Waals surface area contributed by atoms with Crippen molar-refractivity contribution in [2.75, 3.05) is 26.3 Å². The molecule has 3 aromatic rings. The van der Waals surface area contributed by atoms with E-state index in [1.807, 2.05) is 19.1 Å². The predicted octanol–water partition coefficient (Wildman–Crippen LogP) is 2.48. The number of carbonyl (C=O) groups excluding carboxylic acids is 1. The molecule has 0 amide bonds. The molecule has 1 aliphatic rings. The lowest BCUT2D eigenvalue weighted by atomic mass is 10.1. The summed E-state index contributed by atoms with van der Waals surface area (Å²) in [6, 6.07) is 12.3. The maximum Gasteiger partial charge on any atom is 0.338 e. The highest BCUT2D eigenvalue weighted by Crippen LogP contribution is 2.21. The van der Waals surface area contributed by atoms with Gasteiger partial charge in [0.15, 0.2) is 0 Å². The fourth-order valence-electron chi connectivity index (χ4n) is 3.38. The largest absolute Gasteiger partial charge is 0.457 e. The fraction of sp³-hybridized carbons (Fsp3) is 0.273. The van der Waals surface area contributed by atoms with E-state index >= 15 is 0 Å². The first kappa shape index (κ1) is 21.2. The molecule has 0 bridgehead atoms. The summed E-state index contributed by atoms with van der Waals surface area (Å²) in [6.45, 7) is 3.08. The van der Waals surface area contributed by atoms with Gasteiger partial charge in [0.2, 0.25) is 10.0 Å². The zero-order valence-corrected chi connectivity index (χ0v) is 17.7. The first-order valence-electron chi connectivity index (χ1n) is 9.73. The Morgan fingerprint density at radius 1 is 1.06 bits per heavy atom. The third-order valence-corrected chi connectivity index (χ3v) is 6.96. The molecule has 2 aromatic carbocycles. The molecule has 0 unspecified atom stereocenters. The van der Waals surface area contributed by atoms with Gasteiger partial charge < -0.3 is 13.9 Å². The molecule has 0 atom stereocenters. The Morgan fingerprint density at radius 3 is 2.48 bits per heavy atom. The molecule has 0 spiro atoms. The fourth-order valence-corrected chi connectivity index (χ4v) is 4.79. The standard InChI is InChI=1S/C22H21NO7S/c1-15-2-7-19-17(13-21(24)30-20(19)12-15)14-29-22(25)16-3-5-18(6-4-16)31(26,27)23-8-10-28-11-9-23/h2-7,12-13H,8-11,14H2,1H3. The molecule has 0 saturated carbocycles. The summed E-state index contributed by atoms with van der Waals surface area (Å²) in [5.41, 5.74) is 1.59. The molecule has 2 heterocycles. The second kappa shape index (κ2) is 8.62. The summed E-state index contributed by atoms with van der Waals surface area (Å²) >= 11 is 0. The highest BCUT2D eigenvalue weighted by atomic mass is 32.2. The number of fused-ring (bicyclic) bond motifs is 1. The number of esters is 1. The minimum absolute atomic E-state index is 0.105. The van der Waals surface area contributed by atoms with Gasteiger partial charge in [0.05, 0.1) is 23.7 Å². The second-order valence-corrected chi connectivity index (χ2v) is 9.15. The van der Waals surface area contributed by atoms with E-state index in [0.717, 1.165) is 5.56 Å². The van der Waals surface area contributed by atoms with Crippen molar-refractivity contribution >= 4 is 27.0 Å². The summed E-state index contributed by atoms with van der Waals surface area (Å²) in [5.74, 6) is -0.621. The quantitative estimate of drug-likeness (QED) is 0.441. The normalized spacial score (nSPS) is 15.1. The molecule has 9 heteroatoms. The van der Waals surface area contributed by atoms with Crippen molar-refractivity contribution in [1.82, 2.24) is 4.31 Å². The zero-order chi connectivity index (χ0) is 22.0. The zero-order valence-electron chi connectivity index (χ0n) is 16.9. The van der Waals surface area contributed by atoms with E-state index in [1.165, 1.54) is 34.6 Å². The number of sulfonamides is 1. The number of aryl methyl sites for hydroxylation is 1. The first-order valence-corrected chi connectivity index (χ1v) is 11.2. The average Bonchev–Trinajstić information content (AvgIpc) is 2.77. The molecule has 4 rings (SSSR count). The lowest BCUT2D eigenvalue weighted by Crippen LogP contribution is -2.40. The van der Waals surface area contributed by atoms with Crippen LogP contribution in [-0.4, -0.2) is 45.0 Å². The van der Waals surface area contributed by atoms with E-state index < -0.39 is 21.6 Å². The van der Waals surface area contributed by atoms with Gasteiger partial charge >= 0.3 is 11.6 Å². The molecule has 0 aliphatic carbocycles. The number of benzene rings is 2. The number of ether oxygens (including phenoxy) is 2. The highest BCUT2D eigenvalue weighted by Gasteiger charge is 2.26. The summed E-state index contributed by atoms with van der Waals surface area (Å²) in [4.78, 5) is 24.4. The molecular formula is C22H21NO7S. The molecule has 162 valence electrons. The lowest BCUT2D eigenvalue weighted by Gasteiger charge is -2.26. The van der Waals surface area contributed by atoms with E-state index in [4.69, 9.17) is 13.9 Å². The number of rotatable bonds is 5. The van der Waals surface area contributed by atoms with Gasteiger partial charge in [0.1, 0.15) is 12.2 Å². The van der Waals surface area contributed by atoms with E-state index in [0.29, 0.717) is 42.8 Å². The van der Waals surface area contributed by atoms with Crippen LogP contribution < -0.4 is 5.63 Å². The molecule has 0 N–H and O–H groups in total. The Labute approximate surface area is 179 Å². The van der Waals surface area contributed by atoms with Crippen LogP contribution in [0.2, 0.25) is 0 Å². The third kappa shape index (κ3) is 4.53. The predicted molar refractivity (Wildman–Crippen MR) is 112 cm³/mol. The number of carbonyl (C=O) groups is 1. The first-order chi connectivity index (χ1) is 14.8. The van der Waals surface area contributed by atoms with E-state index in [-0.39, 0.29) is 17.1 Å². The van der Waals surface area contributed by atoms with Gasteiger partial charge in [-0.2, -0.15) is 4.31 Å². The van der Waals surface area contributed by atoms with Crippen LogP contribution in [0.3, 0.4) is 0 Å². The minimum atomic E-state index is -3.64. The van der Waals surface area contributed by atoms with E-state index in [1.54, 1.807) is 6.07 Å². The van der Waals surface area contributed by atoms with Gasteiger partial charge in [-0.25, -0.2) is 18.0 Å². The van der Waals surface area contributed by atoms with E-state index in [2.05, 4.69) is 0 Å². The van der Waals surface area contributed by atoms with Crippen LogP contribution in [0.25, 0.3) is 11.0 Å². The third-order valence-electron chi connectivity index (χ3n) is 5.04. The molecule has 1 aromatic heterocycles. The number of hydrogen-bond donors (Lipinski definition) is 0. The summed E-state index contributed by atoms with van der Waals surface area (Å²) < 4.78 is 42.5. The molecule has 0 radical (unpaired) electrons. The van der Waals surface area contributed by atoms with Crippen molar-refractivity contribution in [3.63, 3.8) is 0 Å². The van der Waals surface area contributed by atoms with Crippen LogP contribution in [0.1, 0.15) is 21.5 Å². The van der Waals surface area contributed by atoms with Crippen molar-refractivity contribution in [1.29, 1.82) is 0 Å². The molecule has 1 fully saturated rings. The smallest absolute Gasteiger partial charge is 0.338 e. The van der Waals surface area contributed by atoms with Crippen molar-refractivity contribution in [2.45, 2.75) is 18.4 Å². The Morgan fingerprint density at radius 2 is 1.77 bits per heavy atom. The molecular weight excluding hydrogens is 422 g/mol. The molecule has 1 saturated heterocycles. The van der Waals surface area contributed by atoms with Gasteiger partial charge in [-0.3, -0.25) is 0 Å². The molecule has 8 nitrogen and oxygen atoms in total. The SMILES string of the molecule is Cc1ccc2c(COC(=O)c3ccc(S(=O)(=O)N4CCOCC4)cc3)cc(=O)oc2c1. The van der Waals surface area contributed by atoms with Gasteiger partial charge in [-0.1, -0.05) is 12.1 Å². The lowest BCUT2D eigenvalue weighted by molar-refractivity contribution is 0.0473. The second-order valence-electron chi connectivity index (χ2n) is 7.21. The van der Waals surface area contributed by atoms with Crippen molar-refractivity contribution < 1.29 is 27.1 Å². The number of morpholine rings is 1. The summed E-state index contributed by atoms with van der Waals surface area (Å²) in [7, 11) is -3.64. The Hall–Kier alpha value is -3.01. The Balaban J connectivity index is 1.49.